The number of rotatable bonds is 3. The molecule has 1 aliphatic heterocycles. The normalized spacial score (nSPS) is 23.4. The van der Waals surface area contributed by atoms with Gasteiger partial charge in [-0.3, -0.25) is 0 Å². The molecule has 1 fully saturated rings. The van der Waals surface area contributed by atoms with Gasteiger partial charge in [-0.2, -0.15) is 4.31 Å². The third-order valence-corrected chi connectivity index (χ3v) is 6.23. The van der Waals surface area contributed by atoms with Gasteiger partial charge in [0.15, 0.2) is 0 Å². The molecule has 1 aromatic carbocycles. The predicted molar refractivity (Wildman–Crippen MR) is 79.1 cm³/mol. The molecule has 1 saturated heterocycles. The van der Waals surface area contributed by atoms with Crippen molar-refractivity contribution in [1.29, 1.82) is 0 Å². The summed E-state index contributed by atoms with van der Waals surface area (Å²) >= 11 is 0. The molecule has 0 radical (unpaired) electrons. The van der Waals surface area contributed by atoms with Gasteiger partial charge in [-0.15, -0.1) is 0 Å². The SMILES string of the molecule is Cc1ccc(N)c(S(=O)(=O)N(C)C2CCOC2C)c1C. The van der Waals surface area contributed by atoms with E-state index < -0.39 is 10.0 Å². The van der Waals surface area contributed by atoms with Crippen LogP contribution in [0.15, 0.2) is 17.0 Å². The van der Waals surface area contributed by atoms with Crippen molar-refractivity contribution in [3.63, 3.8) is 0 Å². The maximum Gasteiger partial charge on any atom is 0.245 e. The summed E-state index contributed by atoms with van der Waals surface area (Å²) < 4.78 is 32.6. The molecule has 20 heavy (non-hydrogen) atoms. The van der Waals surface area contributed by atoms with Crippen LogP contribution in [0.2, 0.25) is 0 Å². The number of sulfonamides is 1. The summed E-state index contributed by atoms with van der Waals surface area (Å²) in [6.45, 7) is 6.17. The van der Waals surface area contributed by atoms with Gasteiger partial charge in [-0.1, -0.05) is 6.07 Å². The maximum atomic E-state index is 12.8. The molecule has 5 nitrogen and oxygen atoms in total. The van der Waals surface area contributed by atoms with Crippen molar-refractivity contribution in [1.82, 2.24) is 4.31 Å². The van der Waals surface area contributed by atoms with Crippen LogP contribution in [0.1, 0.15) is 24.5 Å². The molecule has 2 unspecified atom stereocenters. The van der Waals surface area contributed by atoms with Crippen LogP contribution in [-0.4, -0.2) is 38.5 Å². The molecule has 1 heterocycles. The third-order valence-electron chi connectivity index (χ3n) is 4.15. The van der Waals surface area contributed by atoms with Crippen molar-refractivity contribution in [2.24, 2.45) is 0 Å². The molecule has 112 valence electrons. The number of hydrogen-bond donors (Lipinski definition) is 1. The molecule has 1 aliphatic rings. The molecule has 2 atom stereocenters. The number of nitrogen functional groups attached to an aromatic ring is 1. The fraction of sp³-hybridized carbons (Fsp3) is 0.571. The molecule has 6 heteroatoms. The van der Waals surface area contributed by atoms with Crippen molar-refractivity contribution in [3.8, 4) is 0 Å². The fourth-order valence-electron chi connectivity index (χ4n) is 2.67. The standard InChI is InChI=1S/C14H22N2O3S/c1-9-5-6-12(15)14(10(9)2)20(17,18)16(4)13-7-8-19-11(13)3/h5-6,11,13H,7-8,15H2,1-4H3. The lowest BCUT2D eigenvalue weighted by Crippen LogP contribution is -2.41. The van der Waals surface area contributed by atoms with Crippen molar-refractivity contribution in [2.45, 2.75) is 44.2 Å². The largest absolute Gasteiger partial charge is 0.398 e. The highest BCUT2D eigenvalue weighted by Gasteiger charge is 2.36. The quantitative estimate of drug-likeness (QED) is 0.862. The van der Waals surface area contributed by atoms with E-state index in [1.807, 2.05) is 19.9 Å². The molecule has 0 spiro atoms. The van der Waals surface area contributed by atoms with E-state index in [0.717, 1.165) is 5.56 Å². The molecule has 0 saturated carbocycles. The number of ether oxygens (including phenoxy) is 1. The van der Waals surface area contributed by atoms with Crippen LogP contribution in [0.25, 0.3) is 0 Å². The topological polar surface area (TPSA) is 72.6 Å². The second-order valence-corrected chi connectivity index (χ2v) is 7.31. The Morgan fingerprint density at radius 1 is 1.35 bits per heavy atom. The molecule has 2 rings (SSSR count). The molecule has 2 N–H and O–H groups in total. The van der Waals surface area contributed by atoms with Gasteiger partial charge in [0.25, 0.3) is 0 Å². The van der Waals surface area contributed by atoms with Crippen LogP contribution in [-0.2, 0) is 14.8 Å². The molecule has 0 aromatic heterocycles. The van der Waals surface area contributed by atoms with Crippen molar-refractivity contribution in [2.75, 3.05) is 19.4 Å². The number of aryl methyl sites for hydroxylation is 1. The van der Waals surface area contributed by atoms with Crippen molar-refractivity contribution >= 4 is 15.7 Å². The third kappa shape index (κ3) is 2.43. The Morgan fingerprint density at radius 2 is 2.00 bits per heavy atom. The summed E-state index contributed by atoms with van der Waals surface area (Å²) in [5.74, 6) is 0. The van der Waals surface area contributed by atoms with Crippen LogP contribution in [0.5, 0.6) is 0 Å². The number of nitrogens with zero attached hydrogens (tertiary/aromatic N) is 1. The summed E-state index contributed by atoms with van der Waals surface area (Å²) in [6.07, 6.45) is 0.614. The molecule has 0 amide bonds. The summed E-state index contributed by atoms with van der Waals surface area (Å²) in [7, 11) is -2.01. The number of likely N-dealkylation sites (N-methyl/N-ethyl adjacent to an activating group) is 1. The molecular weight excluding hydrogens is 276 g/mol. The van der Waals surface area contributed by atoms with Gasteiger partial charge in [-0.05, 0) is 44.4 Å². The fourth-order valence-corrected chi connectivity index (χ4v) is 4.51. The second kappa shape index (κ2) is 5.35. The van der Waals surface area contributed by atoms with E-state index in [2.05, 4.69) is 0 Å². The molecular formula is C14H22N2O3S. The van der Waals surface area contributed by atoms with E-state index in [1.165, 1.54) is 4.31 Å². The second-order valence-electron chi connectivity index (χ2n) is 5.38. The molecule has 1 aromatic rings. The zero-order chi connectivity index (χ0) is 15.1. The van der Waals surface area contributed by atoms with Gasteiger partial charge in [0, 0.05) is 13.7 Å². The zero-order valence-electron chi connectivity index (χ0n) is 12.4. The maximum absolute atomic E-state index is 12.8. The first-order valence-electron chi connectivity index (χ1n) is 6.72. The monoisotopic (exact) mass is 298 g/mol. The first kappa shape index (κ1) is 15.3. The zero-order valence-corrected chi connectivity index (χ0v) is 13.2. The first-order valence-corrected chi connectivity index (χ1v) is 8.16. The minimum absolute atomic E-state index is 0.0962. The van der Waals surface area contributed by atoms with Crippen LogP contribution in [0, 0.1) is 13.8 Å². The van der Waals surface area contributed by atoms with Gasteiger partial charge in [0.2, 0.25) is 10.0 Å². The Balaban J connectivity index is 2.48. The highest BCUT2D eigenvalue weighted by atomic mass is 32.2. The van der Waals surface area contributed by atoms with E-state index in [-0.39, 0.29) is 17.0 Å². The van der Waals surface area contributed by atoms with Gasteiger partial charge in [0.1, 0.15) is 4.90 Å². The van der Waals surface area contributed by atoms with Gasteiger partial charge < -0.3 is 10.5 Å². The Labute approximate surface area is 120 Å². The van der Waals surface area contributed by atoms with Crippen LogP contribution < -0.4 is 5.73 Å². The molecule has 0 bridgehead atoms. The highest BCUT2D eigenvalue weighted by molar-refractivity contribution is 7.89. The lowest BCUT2D eigenvalue weighted by Gasteiger charge is -2.27. The Morgan fingerprint density at radius 3 is 2.55 bits per heavy atom. The van der Waals surface area contributed by atoms with Crippen molar-refractivity contribution < 1.29 is 13.2 Å². The first-order chi connectivity index (χ1) is 9.26. The summed E-state index contributed by atoms with van der Waals surface area (Å²) in [5, 5.41) is 0. The Hall–Kier alpha value is -1.11. The summed E-state index contributed by atoms with van der Waals surface area (Å²) in [5.41, 5.74) is 7.84. The predicted octanol–water partition coefficient (Wildman–Crippen LogP) is 1.68. The van der Waals surface area contributed by atoms with E-state index >= 15 is 0 Å². The van der Waals surface area contributed by atoms with Gasteiger partial charge in [-0.25, -0.2) is 8.42 Å². The average molecular weight is 298 g/mol. The number of anilines is 1. The lowest BCUT2D eigenvalue weighted by molar-refractivity contribution is 0.102. The van der Waals surface area contributed by atoms with Gasteiger partial charge >= 0.3 is 0 Å². The molecule has 0 aliphatic carbocycles. The summed E-state index contributed by atoms with van der Waals surface area (Å²) in [6, 6.07) is 3.35. The average Bonchev–Trinajstić information content (AvgIpc) is 2.79. The minimum atomic E-state index is -3.61. The lowest BCUT2D eigenvalue weighted by atomic mass is 10.1. The van der Waals surface area contributed by atoms with E-state index in [1.54, 1.807) is 20.0 Å². The number of benzene rings is 1. The van der Waals surface area contributed by atoms with Gasteiger partial charge in [0.05, 0.1) is 17.8 Å². The van der Waals surface area contributed by atoms with E-state index in [0.29, 0.717) is 24.3 Å². The van der Waals surface area contributed by atoms with Crippen LogP contribution in [0.3, 0.4) is 0 Å². The van der Waals surface area contributed by atoms with Crippen LogP contribution in [0.4, 0.5) is 5.69 Å². The van der Waals surface area contributed by atoms with Crippen molar-refractivity contribution in [3.05, 3.63) is 23.3 Å². The Bertz CT molecular complexity index is 613. The van der Waals surface area contributed by atoms with E-state index in [9.17, 15) is 8.42 Å². The van der Waals surface area contributed by atoms with E-state index in [4.69, 9.17) is 10.5 Å². The number of nitrogens with two attached hydrogens (primary N) is 1. The van der Waals surface area contributed by atoms with Crippen LogP contribution >= 0.6 is 0 Å². The highest BCUT2D eigenvalue weighted by Crippen LogP contribution is 2.31. The minimum Gasteiger partial charge on any atom is -0.398 e. The number of hydrogen-bond acceptors (Lipinski definition) is 4. The Kier molecular flexibility index (Phi) is 4.09. The summed E-state index contributed by atoms with van der Waals surface area (Å²) in [4.78, 5) is 0.221. The smallest absolute Gasteiger partial charge is 0.245 e.